The number of aliphatic hydroxyl groups excluding tert-OH is 2. The van der Waals surface area contributed by atoms with Crippen molar-refractivity contribution in [1.29, 1.82) is 0 Å². The average molecular weight is 427 g/mol. The number of ether oxygens (including phenoxy) is 3. The van der Waals surface area contributed by atoms with E-state index in [1.54, 1.807) is 12.2 Å². The first-order valence-corrected chi connectivity index (χ1v) is 11.5. The highest BCUT2D eigenvalue weighted by atomic mass is 16.6. The van der Waals surface area contributed by atoms with Crippen LogP contribution in [0.3, 0.4) is 0 Å². The van der Waals surface area contributed by atoms with E-state index >= 15 is 0 Å². The highest BCUT2D eigenvalue weighted by Gasteiger charge is 2.52. The van der Waals surface area contributed by atoms with Crippen LogP contribution in [0.1, 0.15) is 77.6 Å². The number of aliphatic hydroxyl groups is 2. The van der Waals surface area contributed by atoms with Gasteiger partial charge >= 0.3 is 5.97 Å². The summed E-state index contributed by atoms with van der Waals surface area (Å²) in [5.74, 6) is -0.355. The normalized spacial score (nSPS) is 23.1. The van der Waals surface area contributed by atoms with Gasteiger partial charge in [-0.25, -0.2) is 0 Å². The summed E-state index contributed by atoms with van der Waals surface area (Å²) in [6, 6.07) is 0. The highest BCUT2D eigenvalue weighted by molar-refractivity contribution is 5.69. The van der Waals surface area contributed by atoms with E-state index in [2.05, 4.69) is 20.1 Å². The lowest BCUT2D eigenvalue weighted by Gasteiger charge is -2.38. The summed E-state index contributed by atoms with van der Waals surface area (Å²) in [5.41, 5.74) is -1.14. The number of rotatable bonds is 18. The molecular formula is C24H42O6. The minimum absolute atomic E-state index is 0.0248. The van der Waals surface area contributed by atoms with Gasteiger partial charge in [0.1, 0.15) is 17.8 Å². The summed E-state index contributed by atoms with van der Waals surface area (Å²) >= 11 is 0. The van der Waals surface area contributed by atoms with Crippen molar-refractivity contribution in [1.82, 2.24) is 0 Å². The molecule has 0 aromatic rings. The summed E-state index contributed by atoms with van der Waals surface area (Å²) in [4.78, 5) is 12.4. The first kappa shape index (κ1) is 26.8. The van der Waals surface area contributed by atoms with Gasteiger partial charge < -0.3 is 24.4 Å². The minimum atomic E-state index is -1.14. The standard InChI is InChI=1S/C24H42O6/c1-4-7-8-9-10-11-12-13-14-15-21(27)30-22-20(26)18-28-23(22)24(19-25,16-5-2)29-17-6-3/h5-6,20,22-23,25-26H,2-4,7-19H2,1H3/t20-,22+,23-,24+/m0/s1. The molecule has 0 amide bonds. The molecule has 1 aliphatic heterocycles. The van der Waals surface area contributed by atoms with Crippen molar-refractivity contribution in [2.24, 2.45) is 0 Å². The summed E-state index contributed by atoms with van der Waals surface area (Å²) in [7, 11) is 0. The quantitative estimate of drug-likeness (QED) is 0.195. The summed E-state index contributed by atoms with van der Waals surface area (Å²) in [6.45, 7) is 9.44. The number of hydrogen-bond acceptors (Lipinski definition) is 6. The number of hydrogen-bond donors (Lipinski definition) is 2. The Bertz CT molecular complexity index is 494. The van der Waals surface area contributed by atoms with E-state index in [0.717, 1.165) is 19.3 Å². The molecule has 0 radical (unpaired) electrons. The second-order valence-electron chi connectivity index (χ2n) is 8.17. The number of esters is 1. The monoisotopic (exact) mass is 426 g/mol. The Morgan fingerprint density at radius 1 is 1.10 bits per heavy atom. The van der Waals surface area contributed by atoms with Crippen LogP contribution in [0.25, 0.3) is 0 Å². The highest BCUT2D eigenvalue weighted by Crippen LogP contribution is 2.33. The number of unbranched alkanes of at least 4 members (excludes halogenated alkanes) is 8. The van der Waals surface area contributed by atoms with Gasteiger partial charge in [-0.3, -0.25) is 4.79 Å². The van der Waals surface area contributed by atoms with Crippen LogP contribution in [0.15, 0.2) is 25.3 Å². The van der Waals surface area contributed by atoms with E-state index < -0.39 is 23.9 Å². The van der Waals surface area contributed by atoms with E-state index in [-0.39, 0.29) is 25.8 Å². The van der Waals surface area contributed by atoms with Gasteiger partial charge in [0.25, 0.3) is 0 Å². The molecule has 0 aliphatic carbocycles. The zero-order valence-corrected chi connectivity index (χ0v) is 18.7. The van der Waals surface area contributed by atoms with Gasteiger partial charge in [-0.15, -0.1) is 13.2 Å². The molecule has 1 saturated heterocycles. The average Bonchev–Trinajstić information content (AvgIpc) is 3.10. The lowest BCUT2D eigenvalue weighted by atomic mass is 9.89. The molecule has 30 heavy (non-hydrogen) atoms. The predicted molar refractivity (Wildman–Crippen MR) is 118 cm³/mol. The van der Waals surface area contributed by atoms with Crippen molar-refractivity contribution in [2.45, 2.75) is 101 Å². The number of carbonyl (C=O) groups excluding carboxylic acids is 1. The Morgan fingerprint density at radius 2 is 1.73 bits per heavy atom. The van der Waals surface area contributed by atoms with Gasteiger partial charge in [0, 0.05) is 6.42 Å². The van der Waals surface area contributed by atoms with Crippen LogP contribution in [0.2, 0.25) is 0 Å². The van der Waals surface area contributed by atoms with Crippen molar-refractivity contribution in [3.8, 4) is 0 Å². The topological polar surface area (TPSA) is 85.2 Å². The third-order valence-corrected chi connectivity index (χ3v) is 5.64. The molecule has 2 N–H and O–H groups in total. The maximum Gasteiger partial charge on any atom is 0.306 e. The largest absolute Gasteiger partial charge is 0.457 e. The first-order valence-electron chi connectivity index (χ1n) is 11.5. The second-order valence-corrected chi connectivity index (χ2v) is 8.17. The third kappa shape index (κ3) is 8.88. The molecule has 174 valence electrons. The molecular weight excluding hydrogens is 384 g/mol. The van der Waals surface area contributed by atoms with Crippen LogP contribution in [0, 0.1) is 0 Å². The van der Waals surface area contributed by atoms with Crippen LogP contribution in [0.5, 0.6) is 0 Å². The predicted octanol–water partition coefficient (Wildman–Crippen LogP) is 4.09. The number of carbonyl (C=O) groups is 1. The minimum Gasteiger partial charge on any atom is -0.457 e. The molecule has 1 aliphatic rings. The zero-order chi connectivity index (χ0) is 22.2. The Morgan fingerprint density at radius 3 is 2.30 bits per heavy atom. The first-order chi connectivity index (χ1) is 14.5. The van der Waals surface area contributed by atoms with Crippen molar-refractivity contribution < 1.29 is 29.2 Å². The van der Waals surface area contributed by atoms with Crippen LogP contribution in [-0.2, 0) is 19.0 Å². The Labute approximate surface area is 182 Å². The molecule has 0 aromatic heterocycles. The fraction of sp³-hybridized carbons (Fsp3) is 0.792. The van der Waals surface area contributed by atoms with Crippen LogP contribution in [-0.4, -0.2) is 59.9 Å². The Hall–Kier alpha value is -1.21. The van der Waals surface area contributed by atoms with Gasteiger partial charge in [0.05, 0.1) is 19.8 Å². The second kappa shape index (κ2) is 15.6. The smallest absolute Gasteiger partial charge is 0.306 e. The lowest BCUT2D eigenvalue weighted by molar-refractivity contribution is -0.184. The molecule has 6 nitrogen and oxygen atoms in total. The van der Waals surface area contributed by atoms with Crippen molar-refractivity contribution in [3.05, 3.63) is 25.3 Å². The molecule has 1 heterocycles. The van der Waals surface area contributed by atoms with Crippen molar-refractivity contribution >= 4 is 5.97 Å². The van der Waals surface area contributed by atoms with Gasteiger partial charge in [0.15, 0.2) is 6.10 Å². The summed E-state index contributed by atoms with van der Waals surface area (Å²) in [6.07, 6.45) is 11.7. The van der Waals surface area contributed by atoms with Crippen molar-refractivity contribution in [3.63, 3.8) is 0 Å². The lowest BCUT2D eigenvalue weighted by Crippen LogP contribution is -2.54. The van der Waals surface area contributed by atoms with E-state index in [0.29, 0.717) is 12.8 Å². The Kier molecular flexibility index (Phi) is 13.9. The van der Waals surface area contributed by atoms with Crippen molar-refractivity contribution in [2.75, 3.05) is 19.8 Å². The third-order valence-electron chi connectivity index (χ3n) is 5.64. The summed E-state index contributed by atoms with van der Waals surface area (Å²) < 4.78 is 17.1. The van der Waals surface area contributed by atoms with E-state index in [1.165, 1.54) is 38.5 Å². The SMILES string of the molecule is C=CCO[C@@](CO)(CC=C)[C@H]1OC[C@H](O)[C@H]1OC(=O)CCCCCCCCCCC. The van der Waals surface area contributed by atoms with Crippen LogP contribution < -0.4 is 0 Å². The maximum atomic E-state index is 12.4. The van der Waals surface area contributed by atoms with Gasteiger partial charge in [-0.2, -0.15) is 0 Å². The van der Waals surface area contributed by atoms with Gasteiger partial charge in [0.2, 0.25) is 0 Å². The fourth-order valence-corrected chi connectivity index (χ4v) is 3.90. The van der Waals surface area contributed by atoms with E-state index in [4.69, 9.17) is 14.2 Å². The molecule has 1 rings (SSSR count). The fourth-order valence-electron chi connectivity index (χ4n) is 3.90. The van der Waals surface area contributed by atoms with Crippen LogP contribution in [0.4, 0.5) is 0 Å². The molecule has 0 spiro atoms. The zero-order valence-electron chi connectivity index (χ0n) is 18.7. The maximum absolute atomic E-state index is 12.4. The molecule has 1 fully saturated rings. The van der Waals surface area contributed by atoms with Crippen LogP contribution >= 0.6 is 0 Å². The molecule has 6 heteroatoms. The van der Waals surface area contributed by atoms with E-state index in [9.17, 15) is 15.0 Å². The summed E-state index contributed by atoms with van der Waals surface area (Å²) in [5, 5.41) is 20.3. The molecule has 0 saturated carbocycles. The molecule has 4 atom stereocenters. The van der Waals surface area contributed by atoms with Gasteiger partial charge in [-0.1, -0.05) is 70.4 Å². The molecule has 0 unspecified atom stereocenters. The molecule has 0 aromatic carbocycles. The Balaban J connectivity index is 2.47. The van der Waals surface area contributed by atoms with E-state index in [1.807, 2.05) is 0 Å². The van der Waals surface area contributed by atoms with Gasteiger partial charge in [-0.05, 0) is 12.8 Å². The molecule has 0 bridgehead atoms.